The number of piperidine rings is 1. The van der Waals surface area contributed by atoms with Gasteiger partial charge in [0.05, 0.1) is 24.2 Å². The minimum absolute atomic E-state index is 0.158. The smallest absolute Gasteiger partial charge is 0.404 e. The number of nitrogens with zero attached hydrogens (tertiary/aromatic N) is 3. The largest absolute Gasteiger partial charge is 0.481 e. The van der Waals surface area contributed by atoms with Crippen LogP contribution in [0.3, 0.4) is 0 Å². The summed E-state index contributed by atoms with van der Waals surface area (Å²) in [6.07, 6.45) is -3.73. The molecule has 142 valence electrons. The van der Waals surface area contributed by atoms with Crippen molar-refractivity contribution in [3.63, 3.8) is 0 Å². The van der Waals surface area contributed by atoms with Crippen LogP contribution in [0.2, 0.25) is 0 Å². The first-order valence-corrected chi connectivity index (χ1v) is 8.33. The number of nitrogens with two attached hydrogens (primary N) is 1. The molecule has 0 amide bonds. The van der Waals surface area contributed by atoms with E-state index in [9.17, 15) is 18.3 Å². The van der Waals surface area contributed by atoms with E-state index in [4.69, 9.17) is 10.5 Å². The van der Waals surface area contributed by atoms with E-state index >= 15 is 0 Å². The lowest BCUT2D eigenvalue weighted by Crippen LogP contribution is -2.54. The molecule has 9 heteroatoms. The van der Waals surface area contributed by atoms with Crippen LogP contribution in [0.5, 0.6) is 5.88 Å². The maximum Gasteiger partial charge on any atom is 0.404 e. The fourth-order valence-electron chi connectivity index (χ4n) is 3.33. The van der Waals surface area contributed by atoms with Crippen molar-refractivity contribution in [3.05, 3.63) is 30.0 Å². The maximum absolute atomic E-state index is 13.4. The van der Waals surface area contributed by atoms with Crippen LogP contribution >= 0.6 is 0 Å². The number of β-amino-alcohol motifs (C(OH)–C–C–N with tert-alkyl or cyclic N) is 1. The Labute approximate surface area is 148 Å². The van der Waals surface area contributed by atoms with Gasteiger partial charge in [0.1, 0.15) is 6.04 Å². The highest BCUT2D eigenvalue weighted by molar-refractivity contribution is 5.78. The molecular formula is C17H21F3N4O2. The molecule has 1 fully saturated rings. The Morgan fingerprint density at radius 1 is 1.38 bits per heavy atom. The molecule has 0 unspecified atom stereocenters. The minimum atomic E-state index is -4.39. The molecule has 3 rings (SSSR count). The quantitative estimate of drug-likeness (QED) is 0.857. The van der Waals surface area contributed by atoms with Gasteiger partial charge in [-0.2, -0.15) is 13.2 Å². The second-order valence-electron chi connectivity index (χ2n) is 6.47. The Bertz CT molecular complexity index is 771. The van der Waals surface area contributed by atoms with Crippen molar-refractivity contribution in [2.45, 2.75) is 37.2 Å². The molecule has 0 aliphatic carbocycles. The molecule has 3 atom stereocenters. The van der Waals surface area contributed by atoms with E-state index in [0.29, 0.717) is 28.9 Å². The number of methoxy groups -OCH3 is 1. The van der Waals surface area contributed by atoms with Crippen molar-refractivity contribution >= 4 is 11.0 Å². The summed E-state index contributed by atoms with van der Waals surface area (Å²) in [7, 11) is 1.46. The third-order valence-electron chi connectivity index (χ3n) is 4.70. The van der Waals surface area contributed by atoms with E-state index in [1.807, 2.05) is 0 Å². The molecule has 6 nitrogen and oxygen atoms in total. The van der Waals surface area contributed by atoms with Crippen molar-refractivity contribution in [1.82, 2.24) is 14.9 Å². The molecule has 0 saturated carbocycles. The maximum atomic E-state index is 13.4. The molecule has 1 aliphatic rings. The van der Waals surface area contributed by atoms with Gasteiger partial charge in [0.15, 0.2) is 0 Å². The SMILES string of the molecule is COc1ccc2nccc([C@@H](O)CN3CC[C@H](N)C[C@@H]3C(F)(F)F)c2n1. The van der Waals surface area contributed by atoms with E-state index < -0.39 is 24.4 Å². The monoisotopic (exact) mass is 370 g/mol. The molecular weight excluding hydrogens is 349 g/mol. The second-order valence-corrected chi connectivity index (χ2v) is 6.47. The summed E-state index contributed by atoms with van der Waals surface area (Å²) in [5.41, 5.74) is 7.08. The predicted molar refractivity (Wildman–Crippen MR) is 89.7 cm³/mol. The van der Waals surface area contributed by atoms with E-state index in [1.165, 1.54) is 18.2 Å². The molecule has 3 heterocycles. The van der Waals surface area contributed by atoms with Crippen LogP contribution in [0.4, 0.5) is 13.2 Å². The number of halogens is 3. The molecule has 0 bridgehead atoms. The van der Waals surface area contributed by atoms with Gasteiger partial charge in [0, 0.05) is 37.0 Å². The zero-order valence-corrected chi connectivity index (χ0v) is 14.3. The molecule has 0 radical (unpaired) electrons. The van der Waals surface area contributed by atoms with Crippen molar-refractivity contribution in [2.75, 3.05) is 20.2 Å². The fourth-order valence-corrected chi connectivity index (χ4v) is 3.33. The number of likely N-dealkylation sites (tertiary alicyclic amines) is 1. The van der Waals surface area contributed by atoms with Gasteiger partial charge in [-0.25, -0.2) is 4.98 Å². The van der Waals surface area contributed by atoms with Crippen molar-refractivity contribution in [2.24, 2.45) is 5.73 Å². The van der Waals surface area contributed by atoms with Gasteiger partial charge in [-0.1, -0.05) is 0 Å². The second kappa shape index (κ2) is 7.34. The van der Waals surface area contributed by atoms with Crippen LogP contribution in [0.1, 0.15) is 24.5 Å². The van der Waals surface area contributed by atoms with Gasteiger partial charge < -0.3 is 15.6 Å². The summed E-state index contributed by atoms with van der Waals surface area (Å²) in [4.78, 5) is 9.70. The zero-order valence-electron chi connectivity index (χ0n) is 14.3. The number of pyridine rings is 2. The summed E-state index contributed by atoms with van der Waals surface area (Å²) < 4.78 is 45.1. The fraction of sp³-hybridized carbons (Fsp3) is 0.529. The van der Waals surface area contributed by atoms with E-state index in [2.05, 4.69) is 9.97 Å². The number of alkyl halides is 3. The van der Waals surface area contributed by atoms with Crippen LogP contribution in [-0.2, 0) is 0 Å². The summed E-state index contributed by atoms with van der Waals surface area (Å²) in [5, 5.41) is 10.6. The molecule has 2 aromatic rings. The number of aromatic nitrogens is 2. The number of fused-ring (bicyclic) bond motifs is 1. The third-order valence-corrected chi connectivity index (χ3v) is 4.70. The average molecular weight is 370 g/mol. The lowest BCUT2D eigenvalue weighted by molar-refractivity contribution is -0.195. The average Bonchev–Trinajstić information content (AvgIpc) is 2.61. The molecule has 0 spiro atoms. The number of aliphatic hydroxyl groups excluding tert-OH is 1. The van der Waals surface area contributed by atoms with E-state index in [-0.39, 0.29) is 19.5 Å². The topological polar surface area (TPSA) is 84.5 Å². The van der Waals surface area contributed by atoms with Crippen LogP contribution in [-0.4, -0.2) is 58.4 Å². The Morgan fingerprint density at radius 2 is 2.15 bits per heavy atom. The van der Waals surface area contributed by atoms with Crippen LogP contribution in [0, 0.1) is 0 Å². The number of hydrogen-bond donors (Lipinski definition) is 2. The highest BCUT2D eigenvalue weighted by atomic mass is 19.4. The molecule has 1 saturated heterocycles. The van der Waals surface area contributed by atoms with Gasteiger partial charge in [-0.05, 0) is 25.0 Å². The van der Waals surface area contributed by atoms with Crippen LogP contribution in [0.25, 0.3) is 11.0 Å². The van der Waals surface area contributed by atoms with E-state index in [1.54, 1.807) is 18.2 Å². The van der Waals surface area contributed by atoms with Gasteiger partial charge in [0.2, 0.25) is 5.88 Å². The Kier molecular flexibility index (Phi) is 5.31. The molecule has 1 aliphatic heterocycles. The summed E-state index contributed by atoms with van der Waals surface area (Å²) in [5.74, 6) is 0.344. The third kappa shape index (κ3) is 3.89. The highest BCUT2D eigenvalue weighted by Crippen LogP contribution is 2.33. The first-order valence-electron chi connectivity index (χ1n) is 8.33. The molecule has 0 aromatic carbocycles. The lowest BCUT2D eigenvalue weighted by Gasteiger charge is -2.40. The standard InChI is InChI=1S/C17H21F3N4O2/c1-26-15-3-2-12-16(23-15)11(4-6-22-12)13(25)9-24-7-5-10(21)8-14(24)17(18,19)20/h2-4,6,10,13-14,25H,5,7-9,21H2,1H3/t10-,13-,14+/m0/s1. The number of aliphatic hydroxyl groups is 1. The number of hydrogen-bond acceptors (Lipinski definition) is 6. The predicted octanol–water partition coefficient (Wildman–Crippen LogP) is 2.03. The Morgan fingerprint density at radius 3 is 2.85 bits per heavy atom. The van der Waals surface area contributed by atoms with E-state index in [0.717, 1.165) is 0 Å². The summed E-state index contributed by atoms with van der Waals surface area (Å²) >= 11 is 0. The lowest BCUT2D eigenvalue weighted by atomic mass is 9.96. The summed E-state index contributed by atoms with van der Waals surface area (Å²) in [6, 6.07) is 2.75. The normalized spacial score (nSPS) is 23.2. The van der Waals surface area contributed by atoms with Crippen molar-refractivity contribution < 1.29 is 23.0 Å². The van der Waals surface area contributed by atoms with Gasteiger partial charge in [-0.3, -0.25) is 9.88 Å². The summed E-state index contributed by atoms with van der Waals surface area (Å²) in [6.45, 7) is 0.0249. The Balaban J connectivity index is 1.87. The highest BCUT2D eigenvalue weighted by Gasteiger charge is 2.46. The van der Waals surface area contributed by atoms with Crippen LogP contribution in [0.15, 0.2) is 24.4 Å². The molecule has 26 heavy (non-hydrogen) atoms. The minimum Gasteiger partial charge on any atom is -0.481 e. The number of ether oxygens (including phenoxy) is 1. The first kappa shape index (κ1) is 18.8. The van der Waals surface area contributed by atoms with Gasteiger partial charge in [0.25, 0.3) is 0 Å². The molecule has 2 aromatic heterocycles. The van der Waals surface area contributed by atoms with Crippen molar-refractivity contribution in [3.8, 4) is 5.88 Å². The van der Waals surface area contributed by atoms with Gasteiger partial charge in [-0.15, -0.1) is 0 Å². The Hall–Kier alpha value is -1.97. The first-order chi connectivity index (χ1) is 12.3. The van der Waals surface area contributed by atoms with Crippen LogP contribution < -0.4 is 10.5 Å². The molecule has 3 N–H and O–H groups in total. The number of rotatable bonds is 4. The van der Waals surface area contributed by atoms with Gasteiger partial charge >= 0.3 is 6.18 Å². The van der Waals surface area contributed by atoms with Crippen molar-refractivity contribution in [1.29, 1.82) is 0 Å². The zero-order chi connectivity index (χ0) is 18.9.